The van der Waals surface area contributed by atoms with Gasteiger partial charge in [0, 0.05) is 12.6 Å². The molecule has 0 bridgehead atoms. The van der Waals surface area contributed by atoms with Crippen molar-refractivity contribution in [2.75, 3.05) is 7.05 Å². The minimum Gasteiger partial charge on any atom is -0.361 e. The Balaban J connectivity index is 2.23. The molecule has 0 unspecified atom stereocenters. The van der Waals surface area contributed by atoms with Gasteiger partial charge in [0.1, 0.15) is 11.6 Å². The zero-order chi connectivity index (χ0) is 14.9. The van der Waals surface area contributed by atoms with Gasteiger partial charge in [-0.05, 0) is 32.4 Å². The number of aromatic nitrogens is 1. The van der Waals surface area contributed by atoms with Gasteiger partial charge in [0.25, 0.3) is 5.91 Å². The SMILES string of the molecule is Cc1cccc(C(=O)N(C)Cc2c(C)noc2C)c1F. The van der Waals surface area contributed by atoms with Gasteiger partial charge in [-0.15, -0.1) is 0 Å². The van der Waals surface area contributed by atoms with Crippen LogP contribution in [0.3, 0.4) is 0 Å². The smallest absolute Gasteiger partial charge is 0.256 e. The number of nitrogens with zero attached hydrogens (tertiary/aromatic N) is 2. The molecule has 2 rings (SSSR count). The van der Waals surface area contributed by atoms with Gasteiger partial charge in [0.15, 0.2) is 0 Å². The van der Waals surface area contributed by atoms with Crippen molar-refractivity contribution in [2.45, 2.75) is 27.3 Å². The normalized spacial score (nSPS) is 10.7. The van der Waals surface area contributed by atoms with Crippen LogP contribution in [0.15, 0.2) is 22.7 Å². The van der Waals surface area contributed by atoms with Crippen molar-refractivity contribution in [1.82, 2.24) is 10.1 Å². The lowest BCUT2D eigenvalue weighted by Gasteiger charge is -2.17. The van der Waals surface area contributed by atoms with Crippen molar-refractivity contribution in [3.63, 3.8) is 0 Å². The highest BCUT2D eigenvalue weighted by Gasteiger charge is 2.20. The molecule has 5 heteroatoms. The topological polar surface area (TPSA) is 46.3 Å². The highest BCUT2D eigenvalue weighted by atomic mass is 19.1. The van der Waals surface area contributed by atoms with E-state index in [9.17, 15) is 9.18 Å². The molecule has 20 heavy (non-hydrogen) atoms. The third-order valence-corrected chi connectivity index (χ3v) is 3.35. The molecule has 1 amide bonds. The van der Waals surface area contributed by atoms with Gasteiger partial charge in [-0.2, -0.15) is 0 Å². The molecular formula is C15H17FN2O2. The van der Waals surface area contributed by atoms with Crippen LogP contribution >= 0.6 is 0 Å². The fraction of sp³-hybridized carbons (Fsp3) is 0.333. The first kappa shape index (κ1) is 14.2. The molecule has 106 valence electrons. The maximum atomic E-state index is 14.0. The third-order valence-electron chi connectivity index (χ3n) is 3.35. The van der Waals surface area contributed by atoms with E-state index in [1.54, 1.807) is 33.0 Å². The molecule has 0 saturated heterocycles. The van der Waals surface area contributed by atoms with E-state index in [1.807, 2.05) is 6.92 Å². The van der Waals surface area contributed by atoms with Crippen LogP contribution in [0, 0.1) is 26.6 Å². The molecule has 0 N–H and O–H groups in total. The monoisotopic (exact) mass is 276 g/mol. The van der Waals surface area contributed by atoms with Crippen molar-refractivity contribution < 1.29 is 13.7 Å². The summed E-state index contributed by atoms with van der Waals surface area (Å²) in [4.78, 5) is 13.8. The van der Waals surface area contributed by atoms with Crippen molar-refractivity contribution >= 4 is 5.91 Å². The largest absolute Gasteiger partial charge is 0.361 e. The van der Waals surface area contributed by atoms with Crippen LogP contribution in [0.25, 0.3) is 0 Å². The Kier molecular flexibility index (Phi) is 3.88. The van der Waals surface area contributed by atoms with Crippen LogP contribution in [-0.4, -0.2) is 23.0 Å². The van der Waals surface area contributed by atoms with Crippen LogP contribution in [0.4, 0.5) is 4.39 Å². The lowest BCUT2D eigenvalue weighted by molar-refractivity contribution is 0.0779. The van der Waals surface area contributed by atoms with Crippen molar-refractivity contribution in [3.05, 3.63) is 52.2 Å². The number of carbonyl (C=O) groups excluding carboxylic acids is 1. The Morgan fingerprint density at radius 1 is 1.35 bits per heavy atom. The van der Waals surface area contributed by atoms with Gasteiger partial charge in [0.2, 0.25) is 0 Å². The summed E-state index contributed by atoms with van der Waals surface area (Å²) in [6, 6.07) is 4.81. The number of hydrogen-bond acceptors (Lipinski definition) is 3. The van der Waals surface area contributed by atoms with Gasteiger partial charge in [-0.3, -0.25) is 4.79 Å². The quantitative estimate of drug-likeness (QED) is 0.865. The molecule has 1 aromatic carbocycles. The number of halogens is 1. The molecule has 0 aliphatic rings. The predicted octanol–water partition coefficient (Wildman–Crippen LogP) is 3.01. The second kappa shape index (κ2) is 5.45. The minimum absolute atomic E-state index is 0.0826. The van der Waals surface area contributed by atoms with E-state index in [1.165, 1.54) is 11.0 Å². The van der Waals surface area contributed by atoms with Gasteiger partial charge < -0.3 is 9.42 Å². The number of hydrogen-bond donors (Lipinski definition) is 0. The van der Waals surface area contributed by atoms with Crippen molar-refractivity contribution in [1.29, 1.82) is 0 Å². The van der Waals surface area contributed by atoms with Crippen molar-refractivity contribution in [3.8, 4) is 0 Å². The van der Waals surface area contributed by atoms with Crippen LogP contribution in [0.2, 0.25) is 0 Å². The molecule has 0 radical (unpaired) electrons. The Bertz CT molecular complexity index is 630. The summed E-state index contributed by atoms with van der Waals surface area (Å²) in [6.45, 7) is 5.59. The number of aryl methyl sites for hydroxylation is 3. The summed E-state index contributed by atoms with van der Waals surface area (Å²) in [5, 5.41) is 3.85. The molecule has 0 saturated carbocycles. The number of amides is 1. The lowest BCUT2D eigenvalue weighted by Crippen LogP contribution is -2.27. The molecule has 0 spiro atoms. The van der Waals surface area contributed by atoms with Gasteiger partial charge in [-0.1, -0.05) is 17.3 Å². The molecule has 1 heterocycles. The molecule has 0 aliphatic carbocycles. The van der Waals surface area contributed by atoms with Crippen LogP contribution in [-0.2, 0) is 6.54 Å². The predicted molar refractivity (Wildman–Crippen MR) is 72.9 cm³/mol. The zero-order valence-electron chi connectivity index (χ0n) is 12.0. The van der Waals surface area contributed by atoms with Crippen LogP contribution in [0.1, 0.15) is 32.9 Å². The summed E-state index contributed by atoms with van der Waals surface area (Å²) in [5.74, 6) is -0.152. The average molecular weight is 276 g/mol. The molecule has 0 atom stereocenters. The maximum Gasteiger partial charge on any atom is 0.256 e. The first-order valence-electron chi connectivity index (χ1n) is 6.34. The average Bonchev–Trinajstić information content (AvgIpc) is 2.73. The molecule has 2 aromatic rings. The Labute approximate surface area is 117 Å². The van der Waals surface area contributed by atoms with Crippen LogP contribution in [0.5, 0.6) is 0 Å². The Morgan fingerprint density at radius 3 is 2.65 bits per heavy atom. The van der Waals surface area contributed by atoms with E-state index in [2.05, 4.69) is 5.16 Å². The molecule has 1 aromatic heterocycles. The van der Waals surface area contributed by atoms with Crippen LogP contribution < -0.4 is 0 Å². The molecule has 4 nitrogen and oxygen atoms in total. The highest BCUT2D eigenvalue weighted by Crippen LogP contribution is 2.18. The third kappa shape index (κ3) is 2.57. The number of rotatable bonds is 3. The summed E-state index contributed by atoms with van der Waals surface area (Å²) < 4.78 is 19.0. The van der Waals surface area contributed by atoms with E-state index in [0.29, 0.717) is 17.9 Å². The second-order valence-electron chi connectivity index (χ2n) is 4.90. The van der Waals surface area contributed by atoms with E-state index in [4.69, 9.17) is 4.52 Å². The summed E-state index contributed by atoms with van der Waals surface area (Å²) in [5.41, 5.74) is 2.14. The number of benzene rings is 1. The van der Waals surface area contributed by atoms with E-state index in [0.717, 1.165) is 11.3 Å². The first-order chi connectivity index (χ1) is 9.41. The molecule has 0 fully saturated rings. The Morgan fingerprint density at radius 2 is 2.05 bits per heavy atom. The van der Waals surface area contributed by atoms with E-state index < -0.39 is 5.82 Å². The maximum absolute atomic E-state index is 14.0. The Hall–Kier alpha value is -2.17. The highest BCUT2D eigenvalue weighted by molar-refractivity contribution is 5.94. The van der Waals surface area contributed by atoms with Gasteiger partial charge in [0.05, 0.1) is 17.8 Å². The van der Waals surface area contributed by atoms with E-state index in [-0.39, 0.29) is 11.5 Å². The van der Waals surface area contributed by atoms with Crippen molar-refractivity contribution in [2.24, 2.45) is 0 Å². The lowest BCUT2D eigenvalue weighted by atomic mass is 10.1. The fourth-order valence-electron chi connectivity index (χ4n) is 2.05. The second-order valence-corrected chi connectivity index (χ2v) is 4.90. The standard InChI is InChI=1S/C15H17FN2O2/c1-9-6-5-7-12(14(9)16)15(19)18(4)8-13-10(2)17-20-11(13)3/h5-7H,8H2,1-4H3. The van der Waals surface area contributed by atoms with Gasteiger partial charge >= 0.3 is 0 Å². The minimum atomic E-state index is -0.469. The first-order valence-corrected chi connectivity index (χ1v) is 6.34. The molecule has 0 aliphatic heterocycles. The molecular weight excluding hydrogens is 259 g/mol. The summed E-state index contributed by atoms with van der Waals surface area (Å²) >= 11 is 0. The summed E-state index contributed by atoms with van der Waals surface area (Å²) in [7, 11) is 1.63. The number of carbonyl (C=O) groups is 1. The zero-order valence-corrected chi connectivity index (χ0v) is 12.0. The van der Waals surface area contributed by atoms with E-state index >= 15 is 0 Å². The summed E-state index contributed by atoms with van der Waals surface area (Å²) in [6.07, 6.45) is 0. The fourth-order valence-corrected chi connectivity index (χ4v) is 2.05. The van der Waals surface area contributed by atoms with Gasteiger partial charge in [-0.25, -0.2) is 4.39 Å².